The first-order chi connectivity index (χ1) is 10.8. The van der Waals surface area contributed by atoms with Crippen molar-refractivity contribution < 1.29 is 4.74 Å². The first kappa shape index (κ1) is 12.7. The number of hydrogen-bond acceptors (Lipinski definition) is 3. The van der Waals surface area contributed by atoms with Gasteiger partial charge in [-0.25, -0.2) is 4.68 Å². The van der Waals surface area contributed by atoms with Crippen molar-refractivity contribution in [3.8, 4) is 11.4 Å². The summed E-state index contributed by atoms with van der Waals surface area (Å²) in [7, 11) is 1.65. The van der Waals surface area contributed by atoms with Crippen molar-refractivity contribution >= 4 is 27.5 Å². The third-order valence-corrected chi connectivity index (χ3v) is 3.92. The second kappa shape index (κ2) is 4.77. The van der Waals surface area contributed by atoms with Crippen LogP contribution in [0.5, 0.6) is 5.75 Å². The average Bonchev–Trinajstić information content (AvgIpc) is 2.92. The molecule has 0 aliphatic carbocycles. The number of fused-ring (bicyclic) bond motifs is 3. The number of rotatable bonds is 2. The van der Waals surface area contributed by atoms with Crippen LogP contribution < -0.4 is 10.5 Å². The van der Waals surface area contributed by atoms with Gasteiger partial charge in [0.15, 0.2) is 0 Å². The summed E-state index contributed by atoms with van der Waals surface area (Å²) in [5.41, 5.74) is 8.14. The lowest BCUT2D eigenvalue weighted by Gasteiger charge is -2.05. The third kappa shape index (κ3) is 1.81. The highest BCUT2D eigenvalue weighted by Crippen LogP contribution is 2.30. The van der Waals surface area contributed by atoms with Gasteiger partial charge in [0.2, 0.25) is 0 Å². The van der Waals surface area contributed by atoms with Gasteiger partial charge in [-0.2, -0.15) is 5.10 Å². The lowest BCUT2D eigenvalue weighted by Crippen LogP contribution is -2.01. The minimum absolute atomic E-state index is 0.644. The highest BCUT2D eigenvalue weighted by Gasteiger charge is 2.12. The maximum atomic E-state index is 6.30. The number of aromatic nitrogens is 2. The van der Waals surface area contributed by atoms with Gasteiger partial charge in [-0.3, -0.25) is 0 Å². The monoisotopic (exact) mass is 289 g/mol. The average molecular weight is 289 g/mol. The van der Waals surface area contributed by atoms with Crippen LogP contribution in [0.4, 0.5) is 5.82 Å². The summed E-state index contributed by atoms with van der Waals surface area (Å²) >= 11 is 0. The number of ether oxygens (including phenoxy) is 1. The molecule has 0 atom stereocenters. The summed E-state index contributed by atoms with van der Waals surface area (Å²) in [6.07, 6.45) is 0. The van der Waals surface area contributed by atoms with Crippen LogP contribution in [0.1, 0.15) is 0 Å². The molecule has 0 bridgehead atoms. The van der Waals surface area contributed by atoms with Crippen LogP contribution in [0, 0.1) is 0 Å². The van der Waals surface area contributed by atoms with E-state index in [2.05, 4.69) is 18.2 Å². The largest absolute Gasteiger partial charge is 0.497 e. The normalized spacial score (nSPS) is 11.1. The molecule has 0 saturated carbocycles. The number of nitrogens with zero attached hydrogens (tertiary/aromatic N) is 2. The maximum Gasteiger partial charge on any atom is 0.135 e. The van der Waals surface area contributed by atoms with Crippen LogP contribution in [0.25, 0.3) is 27.4 Å². The molecule has 0 spiro atoms. The highest BCUT2D eigenvalue weighted by atomic mass is 16.5. The Hall–Kier alpha value is -3.01. The minimum atomic E-state index is 0.644. The summed E-state index contributed by atoms with van der Waals surface area (Å²) in [5.74, 6) is 1.45. The van der Waals surface area contributed by atoms with Crippen molar-refractivity contribution in [1.82, 2.24) is 9.78 Å². The Bertz CT molecular complexity index is 971. The van der Waals surface area contributed by atoms with E-state index in [1.165, 1.54) is 0 Å². The summed E-state index contributed by atoms with van der Waals surface area (Å²) in [6, 6.07) is 20.0. The first-order valence-electron chi connectivity index (χ1n) is 7.08. The fourth-order valence-corrected chi connectivity index (χ4v) is 2.76. The molecule has 0 aliphatic heterocycles. The summed E-state index contributed by atoms with van der Waals surface area (Å²) in [6.45, 7) is 0. The summed E-state index contributed by atoms with van der Waals surface area (Å²) in [5, 5.41) is 7.96. The van der Waals surface area contributed by atoms with Crippen molar-refractivity contribution in [3.05, 3.63) is 60.7 Å². The molecule has 22 heavy (non-hydrogen) atoms. The molecule has 0 aliphatic rings. The number of nitrogens with two attached hydrogens (primary N) is 1. The fraction of sp³-hybridized carbons (Fsp3) is 0.0556. The third-order valence-electron chi connectivity index (χ3n) is 3.92. The van der Waals surface area contributed by atoms with Crippen LogP contribution in [-0.4, -0.2) is 16.9 Å². The zero-order chi connectivity index (χ0) is 15.1. The number of benzene rings is 3. The van der Waals surface area contributed by atoms with Gasteiger partial charge in [0.25, 0.3) is 0 Å². The fourth-order valence-electron chi connectivity index (χ4n) is 2.76. The SMILES string of the molecule is COc1ccc(-n2nc3c(ccc4ccccc43)c2N)cc1. The van der Waals surface area contributed by atoms with Gasteiger partial charge in [0.1, 0.15) is 17.1 Å². The van der Waals surface area contributed by atoms with Crippen molar-refractivity contribution in [1.29, 1.82) is 0 Å². The lowest BCUT2D eigenvalue weighted by molar-refractivity contribution is 0.414. The number of hydrogen-bond donors (Lipinski definition) is 1. The molecule has 4 rings (SSSR count). The van der Waals surface area contributed by atoms with E-state index >= 15 is 0 Å². The molecule has 0 unspecified atom stereocenters. The molecule has 108 valence electrons. The van der Waals surface area contributed by atoms with E-state index in [4.69, 9.17) is 15.6 Å². The zero-order valence-corrected chi connectivity index (χ0v) is 12.2. The second-order valence-corrected chi connectivity index (χ2v) is 5.18. The van der Waals surface area contributed by atoms with E-state index in [1.807, 2.05) is 42.5 Å². The summed E-state index contributed by atoms with van der Waals surface area (Å²) in [4.78, 5) is 0. The lowest BCUT2D eigenvalue weighted by atomic mass is 10.1. The number of anilines is 1. The topological polar surface area (TPSA) is 53.1 Å². The molecule has 4 heteroatoms. The van der Waals surface area contributed by atoms with E-state index in [-0.39, 0.29) is 0 Å². The molecular formula is C18H15N3O. The van der Waals surface area contributed by atoms with Crippen LogP contribution in [-0.2, 0) is 0 Å². The number of nitrogen functional groups attached to an aromatic ring is 1. The smallest absolute Gasteiger partial charge is 0.135 e. The Morgan fingerprint density at radius 1 is 0.909 bits per heavy atom. The van der Waals surface area contributed by atoms with Crippen LogP contribution in [0.2, 0.25) is 0 Å². The van der Waals surface area contributed by atoms with Gasteiger partial charge in [-0.1, -0.05) is 30.3 Å². The van der Waals surface area contributed by atoms with Gasteiger partial charge in [-0.05, 0) is 35.7 Å². The van der Waals surface area contributed by atoms with Crippen molar-refractivity contribution in [2.45, 2.75) is 0 Å². The molecule has 0 amide bonds. The molecule has 1 heterocycles. The Labute approximate surface area is 127 Å². The van der Waals surface area contributed by atoms with Crippen molar-refractivity contribution in [2.24, 2.45) is 0 Å². The van der Waals surface area contributed by atoms with E-state index in [1.54, 1.807) is 11.8 Å². The van der Waals surface area contributed by atoms with Crippen LogP contribution >= 0.6 is 0 Å². The highest BCUT2D eigenvalue weighted by molar-refractivity contribution is 6.08. The zero-order valence-electron chi connectivity index (χ0n) is 12.2. The van der Waals surface area contributed by atoms with E-state index in [9.17, 15) is 0 Å². The molecule has 0 radical (unpaired) electrons. The standard InChI is InChI=1S/C18H15N3O/c1-22-14-9-7-13(8-10-14)21-18(19)16-11-6-12-4-2-3-5-15(12)17(16)20-21/h2-11H,19H2,1H3. The molecule has 4 aromatic rings. The van der Waals surface area contributed by atoms with Crippen LogP contribution in [0.15, 0.2) is 60.7 Å². The summed E-state index contributed by atoms with van der Waals surface area (Å²) < 4.78 is 6.97. The van der Waals surface area contributed by atoms with Crippen LogP contribution in [0.3, 0.4) is 0 Å². The molecule has 1 aromatic heterocycles. The molecule has 2 N–H and O–H groups in total. The van der Waals surface area contributed by atoms with Gasteiger partial charge in [0, 0.05) is 10.8 Å². The predicted octanol–water partition coefficient (Wildman–Crippen LogP) is 3.77. The van der Waals surface area contributed by atoms with E-state index in [0.29, 0.717) is 5.82 Å². The van der Waals surface area contributed by atoms with Crippen molar-refractivity contribution in [3.63, 3.8) is 0 Å². The maximum absolute atomic E-state index is 6.30. The van der Waals surface area contributed by atoms with Crippen molar-refractivity contribution in [2.75, 3.05) is 12.8 Å². The Balaban J connectivity index is 1.98. The van der Waals surface area contributed by atoms with E-state index in [0.717, 1.165) is 33.1 Å². The number of methoxy groups -OCH3 is 1. The molecule has 3 aromatic carbocycles. The Morgan fingerprint density at radius 2 is 1.68 bits per heavy atom. The molecule has 0 saturated heterocycles. The second-order valence-electron chi connectivity index (χ2n) is 5.18. The van der Waals surface area contributed by atoms with Gasteiger partial charge in [0.05, 0.1) is 12.8 Å². The van der Waals surface area contributed by atoms with E-state index < -0.39 is 0 Å². The first-order valence-corrected chi connectivity index (χ1v) is 7.08. The van der Waals surface area contributed by atoms with Gasteiger partial charge >= 0.3 is 0 Å². The van der Waals surface area contributed by atoms with Gasteiger partial charge in [-0.15, -0.1) is 0 Å². The molecule has 4 nitrogen and oxygen atoms in total. The Morgan fingerprint density at radius 3 is 2.45 bits per heavy atom. The molecular weight excluding hydrogens is 274 g/mol. The minimum Gasteiger partial charge on any atom is -0.497 e. The molecule has 0 fully saturated rings. The predicted molar refractivity (Wildman–Crippen MR) is 89.5 cm³/mol. The van der Waals surface area contributed by atoms with Gasteiger partial charge < -0.3 is 10.5 Å². The quantitative estimate of drug-likeness (QED) is 0.611. The Kier molecular flexibility index (Phi) is 2.76.